The smallest absolute Gasteiger partial charge is 0.319 e. The normalized spacial score (nSPS) is 16.9. The van der Waals surface area contributed by atoms with Gasteiger partial charge in [0.05, 0.1) is 39.0 Å². The lowest BCUT2D eigenvalue weighted by molar-refractivity contribution is -0.914. The first-order valence-electron chi connectivity index (χ1n) is 7.35. The van der Waals surface area contributed by atoms with Gasteiger partial charge in [-0.1, -0.05) is 12.1 Å². The van der Waals surface area contributed by atoms with Crippen molar-refractivity contribution in [2.45, 2.75) is 13.0 Å². The molecular weight excluding hydrogens is 284 g/mol. The number of imide groups is 1. The molecule has 0 unspecified atom stereocenters. The Labute approximate surface area is 130 Å². The molecule has 120 valence electrons. The summed E-state index contributed by atoms with van der Waals surface area (Å²) in [5.74, 6) is 0.527. The monoisotopic (exact) mass is 307 g/mol. The minimum Gasteiger partial charge on any atom is -0.495 e. The van der Waals surface area contributed by atoms with Gasteiger partial charge in [0.1, 0.15) is 5.75 Å². The molecule has 1 aromatic rings. The van der Waals surface area contributed by atoms with Crippen LogP contribution in [0, 0.1) is 0 Å². The van der Waals surface area contributed by atoms with E-state index in [0.29, 0.717) is 0 Å². The fraction of sp³-hybridized carbons (Fsp3) is 0.467. The second-order valence-corrected chi connectivity index (χ2v) is 5.39. The Hall–Kier alpha value is -2.28. The first-order valence-corrected chi connectivity index (χ1v) is 7.35. The molecule has 0 radical (unpaired) electrons. The highest BCUT2D eigenvalue weighted by Gasteiger charge is 2.30. The van der Waals surface area contributed by atoms with E-state index in [1.165, 1.54) is 0 Å². The number of piperazine rings is 1. The van der Waals surface area contributed by atoms with Gasteiger partial charge in [-0.2, -0.15) is 0 Å². The number of nitrogens with two attached hydrogens (primary N) is 1. The summed E-state index contributed by atoms with van der Waals surface area (Å²) in [4.78, 5) is 26.0. The lowest BCUT2D eigenvalue weighted by Gasteiger charge is -2.36. The van der Waals surface area contributed by atoms with Crippen molar-refractivity contribution in [1.29, 1.82) is 0 Å². The third kappa shape index (κ3) is 3.67. The van der Waals surface area contributed by atoms with Gasteiger partial charge < -0.3 is 20.3 Å². The number of carbonyl (C=O) groups excluding carboxylic acids is 2. The Kier molecular flexibility index (Phi) is 5.21. The van der Waals surface area contributed by atoms with Crippen LogP contribution in [0.25, 0.3) is 0 Å². The number of hydrogen-bond donors (Lipinski definition) is 3. The zero-order valence-electron chi connectivity index (χ0n) is 13.0. The average molecular weight is 307 g/mol. The number of para-hydroxylation sites is 2. The predicted molar refractivity (Wildman–Crippen MR) is 83.1 cm³/mol. The van der Waals surface area contributed by atoms with Crippen LogP contribution in [0.2, 0.25) is 0 Å². The van der Waals surface area contributed by atoms with Gasteiger partial charge in [0.2, 0.25) is 0 Å². The Morgan fingerprint density at radius 3 is 2.55 bits per heavy atom. The van der Waals surface area contributed by atoms with Gasteiger partial charge in [-0.15, -0.1) is 0 Å². The molecule has 0 saturated carbocycles. The number of rotatable bonds is 4. The van der Waals surface area contributed by atoms with Crippen molar-refractivity contribution in [3.05, 3.63) is 24.3 Å². The van der Waals surface area contributed by atoms with Crippen LogP contribution in [0.5, 0.6) is 5.75 Å². The minimum absolute atomic E-state index is 0.299. The topological polar surface area (TPSA) is 89.1 Å². The molecule has 0 spiro atoms. The standard InChI is InChI=1S/C15H22N4O3/c1-11(14(20)17-15(16)21)18-7-9-19(10-8-18)12-5-3-4-6-13(12)22-2/h3-6,11H,7-10H2,1-2H3,(H3,16,17,20,21)/p+1/t11-/m1/s1. The Bertz CT molecular complexity index is 541. The second-order valence-electron chi connectivity index (χ2n) is 5.39. The first kappa shape index (κ1) is 16.1. The van der Waals surface area contributed by atoms with Crippen molar-refractivity contribution in [2.24, 2.45) is 5.73 Å². The zero-order chi connectivity index (χ0) is 16.1. The summed E-state index contributed by atoms with van der Waals surface area (Å²) in [6.45, 7) is 5.08. The van der Waals surface area contributed by atoms with Crippen molar-refractivity contribution >= 4 is 17.6 Å². The number of urea groups is 1. The van der Waals surface area contributed by atoms with Crippen LogP contribution in [0.1, 0.15) is 6.92 Å². The number of amides is 3. The molecule has 1 heterocycles. The largest absolute Gasteiger partial charge is 0.495 e. The van der Waals surface area contributed by atoms with Crippen LogP contribution < -0.4 is 25.6 Å². The summed E-state index contributed by atoms with van der Waals surface area (Å²) in [5.41, 5.74) is 6.06. The summed E-state index contributed by atoms with van der Waals surface area (Å²) < 4.78 is 5.39. The number of ether oxygens (including phenoxy) is 1. The van der Waals surface area contributed by atoms with Gasteiger partial charge in [-0.05, 0) is 19.1 Å². The number of nitrogens with one attached hydrogen (secondary N) is 2. The van der Waals surface area contributed by atoms with E-state index in [4.69, 9.17) is 10.5 Å². The highest BCUT2D eigenvalue weighted by Crippen LogP contribution is 2.27. The van der Waals surface area contributed by atoms with E-state index in [2.05, 4.69) is 10.2 Å². The van der Waals surface area contributed by atoms with Gasteiger partial charge in [0, 0.05) is 0 Å². The Morgan fingerprint density at radius 2 is 1.95 bits per heavy atom. The molecule has 7 heteroatoms. The number of carbonyl (C=O) groups is 2. The Morgan fingerprint density at radius 1 is 1.32 bits per heavy atom. The molecular formula is C15H23N4O3+. The Balaban J connectivity index is 1.95. The third-order valence-corrected chi connectivity index (χ3v) is 4.08. The fourth-order valence-electron chi connectivity index (χ4n) is 2.77. The van der Waals surface area contributed by atoms with Crippen molar-refractivity contribution in [2.75, 3.05) is 38.2 Å². The maximum Gasteiger partial charge on any atom is 0.319 e. The summed E-state index contributed by atoms with van der Waals surface area (Å²) in [7, 11) is 1.66. The predicted octanol–water partition coefficient (Wildman–Crippen LogP) is -1.02. The molecule has 7 nitrogen and oxygen atoms in total. The zero-order valence-corrected chi connectivity index (χ0v) is 13.0. The average Bonchev–Trinajstić information content (AvgIpc) is 2.53. The van der Waals surface area contributed by atoms with Crippen LogP contribution >= 0.6 is 0 Å². The number of primary amides is 1. The van der Waals surface area contributed by atoms with Crippen LogP contribution in [0.3, 0.4) is 0 Å². The van der Waals surface area contributed by atoms with Crippen LogP contribution in [0.15, 0.2) is 24.3 Å². The van der Waals surface area contributed by atoms with E-state index >= 15 is 0 Å². The first-order chi connectivity index (χ1) is 10.5. The quantitative estimate of drug-likeness (QED) is 0.664. The molecule has 4 N–H and O–H groups in total. The van der Waals surface area contributed by atoms with Crippen molar-refractivity contribution in [1.82, 2.24) is 5.32 Å². The van der Waals surface area contributed by atoms with Gasteiger partial charge in [0.15, 0.2) is 6.04 Å². The maximum atomic E-state index is 11.8. The van der Waals surface area contributed by atoms with Gasteiger partial charge in [-0.25, -0.2) is 4.79 Å². The van der Waals surface area contributed by atoms with E-state index in [1.54, 1.807) is 7.11 Å². The maximum absolute atomic E-state index is 11.8. The molecule has 0 aliphatic carbocycles. The van der Waals surface area contributed by atoms with Gasteiger partial charge >= 0.3 is 6.03 Å². The van der Waals surface area contributed by atoms with Crippen molar-refractivity contribution in [3.8, 4) is 5.75 Å². The van der Waals surface area contributed by atoms with Gasteiger partial charge in [-0.3, -0.25) is 10.1 Å². The molecule has 1 aliphatic heterocycles. The van der Waals surface area contributed by atoms with E-state index in [-0.39, 0.29) is 11.9 Å². The van der Waals surface area contributed by atoms with Gasteiger partial charge in [0.25, 0.3) is 5.91 Å². The number of hydrogen-bond acceptors (Lipinski definition) is 4. The highest BCUT2D eigenvalue weighted by molar-refractivity contribution is 5.95. The van der Waals surface area contributed by atoms with E-state index in [1.807, 2.05) is 31.2 Å². The lowest BCUT2D eigenvalue weighted by atomic mass is 10.2. The molecule has 0 bridgehead atoms. The van der Waals surface area contributed by atoms with E-state index < -0.39 is 6.03 Å². The number of benzene rings is 1. The van der Waals surface area contributed by atoms with E-state index in [0.717, 1.165) is 42.5 Å². The summed E-state index contributed by atoms with van der Waals surface area (Å²) in [6, 6.07) is 6.81. The van der Waals surface area contributed by atoms with E-state index in [9.17, 15) is 9.59 Å². The highest BCUT2D eigenvalue weighted by atomic mass is 16.5. The molecule has 3 amide bonds. The number of quaternary nitrogens is 1. The number of nitrogens with zero attached hydrogens (tertiary/aromatic N) is 1. The summed E-state index contributed by atoms with van der Waals surface area (Å²) in [5, 5.41) is 2.15. The molecule has 2 rings (SSSR count). The third-order valence-electron chi connectivity index (χ3n) is 4.08. The van der Waals surface area contributed by atoms with Crippen LogP contribution in [-0.2, 0) is 4.79 Å². The second kappa shape index (κ2) is 7.13. The minimum atomic E-state index is -0.802. The molecule has 1 fully saturated rings. The number of methoxy groups -OCH3 is 1. The van der Waals surface area contributed by atoms with Crippen molar-refractivity contribution in [3.63, 3.8) is 0 Å². The molecule has 22 heavy (non-hydrogen) atoms. The van der Waals surface area contributed by atoms with Crippen molar-refractivity contribution < 1.29 is 19.2 Å². The summed E-state index contributed by atoms with van der Waals surface area (Å²) >= 11 is 0. The molecule has 1 saturated heterocycles. The molecule has 1 aliphatic rings. The molecule has 1 aromatic carbocycles. The van der Waals surface area contributed by atoms with Crippen LogP contribution in [-0.4, -0.2) is 51.3 Å². The number of anilines is 1. The SMILES string of the molecule is COc1ccccc1N1CC[NH+]([C@H](C)C(=O)NC(N)=O)CC1. The van der Waals surface area contributed by atoms with Crippen LogP contribution in [0.4, 0.5) is 10.5 Å². The molecule has 1 atom stereocenters. The fourth-order valence-corrected chi connectivity index (χ4v) is 2.77. The molecule has 0 aromatic heterocycles. The summed E-state index contributed by atoms with van der Waals surface area (Å²) in [6.07, 6.45) is 0. The lowest BCUT2D eigenvalue weighted by Crippen LogP contribution is -3.19.